The molecule has 2 rings (SSSR count). The molecular formula is C16H17F2N. The lowest BCUT2D eigenvalue weighted by Crippen LogP contribution is -2.10. The number of halogens is 2. The minimum atomic E-state index is -0.555. The minimum absolute atomic E-state index is 0.221. The average molecular weight is 261 g/mol. The van der Waals surface area contributed by atoms with Crippen LogP contribution in [0.3, 0.4) is 0 Å². The molecule has 3 heteroatoms. The van der Waals surface area contributed by atoms with Gasteiger partial charge in [0.25, 0.3) is 0 Å². The molecule has 1 atom stereocenters. The van der Waals surface area contributed by atoms with Gasteiger partial charge in [-0.05, 0) is 44.0 Å². The molecule has 0 saturated heterocycles. The Morgan fingerprint density at radius 1 is 1.00 bits per heavy atom. The van der Waals surface area contributed by atoms with Crippen LogP contribution in [0.25, 0.3) is 0 Å². The first-order valence-electron chi connectivity index (χ1n) is 6.26. The number of hydrogen-bond donors (Lipinski definition) is 1. The summed E-state index contributed by atoms with van der Waals surface area (Å²) < 4.78 is 26.6. The Morgan fingerprint density at radius 2 is 1.74 bits per heavy atom. The quantitative estimate of drug-likeness (QED) is 0.840. The second-order valence-corrected chi connectivity index (χ2v) is 4.85. The van der Waals surface area contributed by atoms with E-state index in [1.807, 2.05) is 39.0 Å². The Bertz CT molecular complexity index is 593. The van der Waals surface area contributed by atoms with Gasteiger partial charge < -0.3 is 5.32 Å². The molecule has 0 spiro atoms. The molecule has 1 nitrogen and oxygen atoms in total. The highest BCUT2D eigenvalue weighted by atomic mass is 19.1. The van der Waals surface area contributed by atoms with Crippen molar-refractivity contribution in [3.8, 4) is 0 Å². The molecule has 0 bridgehead atoms. The van der Waals surface area contributed by atoms with E-state index in [-0.39, 0.29) is 6.04 Å². The van der Waals surface area contributed by atoms with Crippen LogP contribution in [0.5, 0.6) is 0 Å². The zero-order valence-electron chi connectivity index (χ0n) is 11.3. The van der Waals surface area contributed by atoms with Gasteiger partial charge in [0.1, 0.15) is 11.6 Å². The van der Waals surface area contributed by atoms with Crippen LogP contribution in [0.1, 0.15) is 29.7 Å². The van der Waals surface area contributed by atoms with Gasteiger partial charge in [-0.3, -0.25) is 0 Å². The van der Waals surface area contributed by atoms with E-state index in [0.29, 0.717) is 5.56 Å². The van der Waals surface area contributed by atoms with E-state index in [1.165, 1.54) is 12.1 Å². The number of benzene rings is 2. The van der Waals surface area contributed by atoms with Crippen LogP contribution in [-0.4, -0.2) is 0 Å². The van der Waals surface area contributed by atoms with Crippen LogP contribution in [-0.2, 0) is 0 Å². The molecule has 0 aromatic heterocycles. The number of rotatable bonds is 3. The summed E-state index contributed by atoms with van der Waals surface area (Å²) in [6.45, 7) is 5.86. The van der Waals surface area contributed by atoms with E-state index in [0.717, 1.165) is 22.9 Å². The Labute approximate surface area is 112 Å². The molecule has 0 fully saturated rings. The summed E-state index contributed by atoms with van der Waals surface area (Å²) in [7, 11) is 0. The molecule has 1 unspecified atom stereocenters. The van der Waals surface area contributed by atoms with Gasteiger partial charge in [-0.25, -0.2) is 8.78 Å². The maximum Gasteiger partial charge on any atom is 0.131 e. The summed E-state index contributed by atoms with van der Waals surface area (Å²) in [5.74, 6) is -1.08. The summed E-state index contributed by atoms with van der Waals surface area (Å²) in [4.78, 5) is 0. The van der Waals surface area contributed by atoms with Gasteiger partial charge in [-0.15, -0.1) is 0 Å². The third-order valence-electron chi connectivity index (χ3n) is 3.19. The van der Waals surface area contributed by atoms with E-state index in [4.69, 9.17) is 0 Å². The fraction of sp³-hybridized carbons (Fsp3) is 0.250. The van der Waals surface area contributed by atoms with Crippen LogP contribution in [0, 0.1) is 25.5 Å². The third kappa shape index (κ3) is 3.11. The van der Waals surface area contributed by atoms with E-state index < -0.39 is 11.6 Å². The van der Waals surface area contributed by atoms with Gasteiger partial charge in [-0.2, -0.15) is 0 Å². The van der Waals surface area contributed by atoms with Crippen molar-refractivity contribution in [2.24, 2.45) is 0 Å². The van der Waals surface area contributed by atoms with Crippen LogP contribution < -0.4 is 5.32 Å². The number of nitrogens with one attached hydrogen (secondary N) is 1. The lowest BCUT2D eigenvalue weighted by molar-refractivity contribution is 0.566. The highest BCUT2D eigenvalue weighted by Gasteiger charge is 2.12. The lowest BCUT2D eigenvalue weighted by atomic mass is 10.1. The fourth-order valence-electron chi connectivity index (χ4n) is 2.06. The van der Waals surface area contributed by atoms with Gasteiger partial charge >= 0.3 is 0 Å². The molecule has 0 aliphatic rings. The minimum Gasteiger partial charge on any atom is -0.378 e. The number of hydrogen-bond acceptors (Lipinski definition) is 1. The van der Waals surface area contributed by atoms with Gasteiger partial charge in [0, 0.05) is 17.3 Å². The monoisotopic (exact) mass is 261 g/mol. The van der Waals surface area contributed by atoms with Crippen molar-refractivity contribution < 1.29 is 8.78 Å². The summed E-state index contributed by atoms with van der Waals surface area (Å²) in [5, 5.41) is 3.27. The molecule has 2 aromatic carbocycles. The van der Waals surface area contributed by atoms with Gasteiger partial charge in [-0.1, -0.05) is 18.2 Å². The summed E-state index contributed by atoms with van der Waals surface area (Å²) in [5.41, 5.74) is 3.67. The Balaban J connectivity index is 2.25. The van der Waals surface area contributed by atoms with Crippen molar-refractivity contribution in [2.45, 2.75) is 26.8 Å². The summed E-state index contributed by atoms with van der Waals surface area (Å²) >= 11 is 0. The second-order valence-electron chi connectivity index (χ2n) is 4.85. The highest BCUT2D eigenvalue weighted by molar-refractivity contribution is 5.53. The summed E-state index contributed by atoms with van der Waals surface area (Å²) in [6.07, 6.45) is 0. The predicted molar refractivity (Wildman–Crippen MR) is 74.3 cm³/mol. The molecule has 0 saturated carbocycles. The summed E-state index contributed by atoms with van der Waals surface area (Å²) in [6, 6.07) is 9.52. The molecule has 0 heterocycles. The zero-order chi connectivity index (χ0) is 14.0. The Morgan fingerprint density at radius 3 is 2.42 bits per heavy atom. The fourth-order valence-corrected chi connectivity index (χ4v) is 2.06. The first-order valence-corrected chi connectivity index (χ1v) is 6.26. The largest absolute Gasteiger partial charge is 0.378 e. The number of anilines is 1. The normalized spacial score (nSPS) is 12.3. The maximum atomic E-state index is 13.7. The molecule has 2 aromatic rings. The molecule has 0 aliphatic carbocycles. The maximum absolute atomic E-state index is 13.7. The Kier molecular flexibility index (Phi) is 3.84. The Hall–Kier alpha value is -1.90. The van der Waals surface area contributed by atoms with Crippen molar-refractivity contribution in [2.75, 3.05) is 5.32 Å². The molecule has 1 N–H and O–H groups in total. The van der Waals surface area contributed by atoms with Crippen LogP contribution >= 0.6 is 0 Å². The van der Waals surface area contributed by atoms with E-state index >= 15 is 0 Å². The smallest absolute Gasteiger partial charge is 0.131 e. The van der Waals surface area contributed by atoms with Crippen LogP contribution in [0.15, 0.2) is 36.4 Å². The molecule has 0 radical (unpaired) electrons. The molecular weight excluding hydrogens is 244 g/mol. The van der Waals surface area contributed by atoms with E-state index in [2.05, 4.69) is 5.32 Å². The van der Waals surface area contributed by atoms with Gasteiger partial charge in [0.05, 0.1) is 6.04 Å². The van der Waals surface area contributed by atoms with Crippen molar-refractivity contribution >= 4 is 5.69 Å². The van der Waals surface area contributed by atoms with E-state index in [1.54, 1.807) is 0 Å². The first-order chi connectivity index (χ1) is 8.97. The molecule has 0 aliphatic heterocycles. The second kappa shape index (κ2) is 5.39. The van der Waals surface area contributed by atoms with Crippen molar-refractivity contribution in [3.63, 3.8) is 0 Å². The first kappa shape index (κ1) is 13.5. The van der Waals surface area contributed by atoms with Gasteiger partial charge in [0.15, 0.2) is 0 Å². The van der Waals surface area contributed by atoms with Crippen LogP contribution in [0.2, 0.25) is 0 Å². The highest BCUT2D eigenvalue weighted by Crippen LogP contribution is 2.25. The van der Waals surface area contributed by atoms with Crippen molar-refractivity contribution in [3.05, 3.63) is 64.7 Å². The van der Waals surface area contributed by atoms with E-state index in [9.17, 15) is 8.78 Å². The van der Waals surface area contributed by atoms with Crippen molar-refractivity contribution in [1.82, 2.24) is 0 Å². The number of aryl methyl sites for hydroxylation is 2. The molecule has 0 amide bonds. The zero-order valence-corrected chi connectivity index (χ0v) is 11.3. The standard InChI is InChI=1S/C16H17F2N/c1-10-4-5-11(2)16(8-10)19-12(3)14-7-6-13(17)9-15(14)18/h4-9,12,19H,1-3H3. The van der Waals surface area contributed by atoms with Crippen molar-refractivity contribution in [1.29, 1.82) is 0 Å². The molecule has 100 valence electrons. The lowest BCUT2D eigenvalue weighted by Gasteiger charge is -2.18. The average Bonchev–Trinajstić information content (AvgIpc) is 2.33. The third-order valence-corrected chi connectivity index (χ3v) is 3.19. The van der Waals surface area contributed by atoms with Crippen LogP contribution in [0.4, 0.5) is 14.5 Å². The molecule has 19 heavy (non-hydrogen) atoms. The van der Waals surface area contributed by atoms with Gasteiger partial charge in [0.2, 0.25) is 0 Å². The predicted octanol–water partition coefficient (Wildman–Crippen LogP) is 4.75. The topological polar surface area (TPSA) is 12.0 Å². The SMILES string of the molecule is Cc1ccc(C)c(NC(C)c2ccc(F)cc2F)c1.